The molecule has 0 aliphatic carbocycles. The first-order valence-corrected chi connectivity index (χ1v) is 10.7. The van der Waals surface area contributed by atoms with Gasteiger partial charge in [-0.25, -0.2) is 0 Å². The topological polar surface area (TPSA) is 71.3 Å². The summed E-state index contributed by atoms with van der Waals surface area (Å²) in [5, 5.41) is 12.5. The zero-order valence-corrected chi connectivity index (χ0v) is 19.7. The maximum absolute atomic E-state index is 12.8. The Morgan fingerprint density at radius 1 is 1.03 bits per heavy atom. The monoisotopic (exact) mass is 440 g/mol. The van der Waals surface area contributed by atoms with E-state index in [1.807, 2.05) is 52.0 Å². The summed E-state index contributed by atoms with van der Waals surface area (Å²) in [6, 6.07) is 19.2. The predicted octanol–water partition coefficient (Wildman–Crippen LogP) is 6.05. The van der Waals surface area contributed by atoms with Crippen LogP contribution in [0.4, 0.5) is 5.69 Å². The molecule has 0 aromatic heterocycles. The van der Waals surface area contributed by atoms with Crippen molar-refractivity contribution in [1.82, 2.24) is 0 Å². The number of carbonyl (C=O) groups excluding carboxylic acids is 1. The van der Waals surface area contributed by atoms with Crippen molar-refractivity contribution in [3.05, 3.63) is 93.6 Å². The predicted molar refractivity (Wildman–Crippen MR) is 131 cm³/mol. The molecule has 0 unspecified atom stereocenters. The van der Waals surface area contributed by atoms with Gasteiger partial charge in [0.1, 0.15) is 29.7 Å². The van der Waals surface area contributed by atoms with Gasteiger partial charge in [-0.2, -0.15) is 5.26 Å². The molecule has 168 valence electrons. The molecule has 3 aromatic rings. The number of aryl methyl sites for hydroxylation is 3. The van der Waals surface area contributed by atoms with Crippen molar-refractivity contribution in [3.8, 4) is 17.6 Å². The van der Waals surface area contributed by atoms with Gasteiger partial charge in [0.05, 0.1) is 7.11 Å². The molecule has 0 aliphatic rings. The number of hydrogen-bond donors (Lipinski definition) is 1. The lowest BCUT2D eigenvalue weighted by atomic mass is 10.1. The van der Waals surface area contributed by atoms with Crippen LogP contribution in [-0.2, 0) is 11.4 Å². The van der Waals surface area contributed by atoms with E-state index in [0.29, 0.717) is 29.4 Å². The highest BCUT2D eigenvalue weighted by Gasteiger charge is 2.14. The summed E-state index contributed by atoms with van der Waals surface area (Å²) in [6.45, 7) is 8.35. The van der Waals surface area contributed by atoms with Crippen LogP contribution in [0.25, 0.3) is 6.08 Å². The van der Waals surface area contributed by atoms with Crippen molar-refractivity contribution < 1.29 is 14.3 Å². The van der Waals surface area contributed by atoms with Crippen LogP contribution in [0.1, 0.15) is 33.4 Å². The van der Waals surface area contributed by atoms with Gasteiger partial charge in [-0.05, 0) is 68.7 Å². The Bertz CT molecular complexity index is 1230. The molecule has 1 amide bonds. The van der Waals surface area contributed by atoms with Crippen molar-refractivity contribution in [2.24, 2.45) is 0 Å². The number of ether oxygens (including phenoxy) is 2. The number of nitrogens with zero attached hydrogens (tertiary/aromatic N) is 1. The van der Waals surface area contributed by atoms with Gasteiger partial charge in [0.2, 0.25) is 0 Å². The molecule has 33 heavy (non-hydrogen) atoms. The van der Waals surface area contributed by atoms with Gasteiger partial charge in [0.15, 0.2) is 0 Å². The Morgan fingerprint density at radius 3 is 2.42 bits per heavy atom. The molecule has 0 radical (unpaired) electrons. The van der Waals surface area contributed by atoms with E-state index in [0.717, 1.165) is 27.8 Å². The van der Waals surface area contributed by atoms with Crippen LogP contribution < -0.4 is 14.8 Å². The van der Waals surface area contributed by atoms with E-state index >= 15 is 0 Å². The normalized spacial score (nSPS) is 11.0. The quantitative estimate of drug-likeness (QED) is 0.358. The molecule has 0 atom stereocenters. The van der Waals surface area contributed by atoms with Crippen molar-refractivity contribution in [1.29, 1.82) is 5.26 Å². The van der Waals surface area contributed by atoms with Gasteiger partial charge in [-0.3, -0.25) is 4.79 Å². The summed E-state index contributed by atoms with van der Waals surface area (Å²) >= 11 is 0. The van der Waals surface area contributed by atoms with Crippen LogP contribution in [-0.4, -0.2) is 13.0 Å². The lowest BCUT2D eigenvalue weighted by molar-refractivity contribution is -0.112. The molecule has 3 rings (SSSR count). The lowest BCUT2D eigenvalue weighted by Crippen LogP contribution is -2.14. The van der Waals surface area contributed by atoms with E-state index in [1.165, 1.54) is 6.08 Å². The Balaban J connectivity index is 1.89. The van der Waals surface area contributed by atoms with Crippen molar-refractivity contribution in [2.45, 2.75) is 34.3 Å². The average Bonchev–Trinajstić information content (AvgIpc) is 2.78. The number of benzene rings is 3. The summed E-state index contributed by atoms with van der Waals surface area (Å²) in [5.74, 6) is 0.684. The molecule has 5 heteroatoms. The molecular weight excluding hydrogens is 412 g/mol. The highest BCUT2D eigenvalue weighted by molar-refractivity contribution is 6.10. The minimum Gasteiger partial charge on any atom is -0.497 e. The van der Waals surface area contributed by atoms with Crippen LogP contribution >= 0.6 is 0 Å². The van der Waals surface area contributed by atoms with E-state index in [9.17, 15) is 10.1 Å². The van der Waals surface area contributed by atoms with Crippen molar-refractivity contribution >= 4 is 17.7 Å². The van der Waals surface area contributed by atoms with E-state index in [4.69, 9.17) is 9.47 Å². The molecule has 0 bridgehead atoms. The largest absolute Gasteiger partial charge is 0.497 e. The van der Waals surface area contributed by atoms with Crippen molar-refractivity contribution in [2.75, 3.05) is 12.4 Å². The van der Waals surface area contributed by atoms with E-state index in [1.54, 1.807) is 25.3 Å². The first-order chi connectivity index (χ1) is 15.8. The van der Waals surface area contributed by atoms with E-state index in [2.05, 4.69) is 23.5 Å². The smallest absolute Gasteiger partial charge is 0.266 e. The third kappa shape index (κ3) is 6.02. The third-order valence-electron chi connectivity index (χ3n) is 5.41. The minimum absolute atomic E-state index is 0.0164. The fourth-order valence-electron chi connectivity index (χ4n) is 3.58. The fourth-order valence-corrected chi connectivity index (χ4v) is 3.58. The van der Waals surface area contributed by atoms with Crippen LogP contribution in [0.2, 0.25) is 0 Å². The van der Waals surface area contributed by atoms with Crippen LogP contribution in [0.3, 0.4) is 0 Å². The first kappa shape index (κ1) is 23.6. The summed E-state index contributed by atoms with van der Waals surface area (Å²) in [7, 11) is 1.58. The summed E-state index contributed by atoms with van der Waals surface area (Å²) < 4.78 is 11.4. The summed E-state index contributed by atoms with van der Waals surface area (Å²) in [5.41, 5.74) is 6.67. The number of nitrogens with one attached hydrogen (secondary N) is 1. The molecule has 0 saturated heterocycles. The Kier molecular flexibility index (Phi) is 7.53. The SMILES string of the molecule is COc1ccc(/C=C(\C#N)C(=O)Nc2cccc(C)c2C)c(OCc2cc(C)cc(C)c2)c1. The average molecular weight is 441 g/mol. The number of amides is 1. The highest BCUT2D eigenvalue weighted by Crippen LogP contribution is 2.28. The molecule has 0 fully saturated rings. The van der Waals surface area contributed by atoms with E-state index in [-0.39, 0.29) is 5.57 Å². The van der Waals surface area contributed by atoms with Gasteiger partial charge in [-0.15, -0.1) is 0 Å². The van der Waals surface area contributed by atoms with Crippen LogP contribution in [0.15, 0.2) is 60.2 Å². The van der Waals surface area contributed by atoms with Crippen LogP contribution in [0, 0.1) is 39.0 Å². The zero-order chi connectivity index (χ0) is 24.0. The molecule has 3 aromatic carbocycles. The highest BCUT2D eigenvalue weighted by atomic mass is 16.5. The van der Waals surface area contributed by atoms with Gasteiger partial charge in [0.25, 0.3) is 5.91 Å². The minimum atomic E-state index is -0.470. The van der Waals surface area contributed by atoms with Crippen molar-refractivity contribution in [3.63, 3.8) is 0 Å². The number of rotatable bonds is 7. The second-order valence-corrected chi connectivity index (χ2v) is 8.06. The number of methoxy groups -OCH3 is 1. The number of hydrogen-bond acceptors (Lipinski definition) is 4. The Hall–Kier alpha value is -4.04. The van der Waals surface area contributed by atoms with Gasteiger partial charge >= 0.3 is 0 Å². The molecule has 0 spiro atoms. The lowest BCUT2D eigenvalue weighted by Gasteiger charge is -2.13. The zero-order valence-electron chi connectivity index (χ0n) is 19.7. The maximum Gasteiger partial charge on any atom is 0.266 e. The fraction of sp³-hybridized carbons (Fsp3) is 0.214. The second-order valence-electron chi connectivity index (χ2n) is 8.06. The van der Waals surface area contributed by atoms with Gasteiger partial charge in [0, 0.05) is 17.3 Å². The van der Waals surface area contributed by atoms with Crippen LogP contribution in [0.5, 0.6) is 11.5 Å². The first-order valence-electron chi connectivity index (χ1n) is 10.7. The summed E-state index contributed by atoms with van der Waals surface area (Å²) in [4.78, 5) is 12.8. The molecule has 0 saturated carbocycles. The van der Waals surface area contributed by atoms with Gasteiger partial charge < -0.3 is 14.8 Å². The second kappa shape index (κ2) is 10.5. The number of carbonyl (C=O) groups is 1. The molecule has 5 nitrogen and oxygen atoms in total. The third-order valence-corrected chi connectivity index (χ3v) is 5.41. The molecule has 1 N–H and O–H groups in total. The standard InChI is InChI=1S/C28H28N2O3/c1-18-11-19(2)13-22(12-18)17-33-27-15-25(32-5)10-9-23(27)14-24(16-29)28(31)30-26-8-6-7-20(3)21(26)4/h6-15H,17H2,1-5H3,(H,30,31)/b24-14+. The van der Waals surface area contributed by atoms with E-state index < -0.39 is 5.91 Å². The Morgan fingerprint density at radius 2 is 1.76 bits per heavy atom. The Labute approximate surface area is 195 Å². The molecule has 0 aliphatic heterocycles. The maximum atomic E-state index is 12.8. The number of anilines is 1. The number of nitriles is 1. The molecule has 0 heterocycles. The summed E-state index contributed by atoms with van der Waals surface area (Å²) in [6.07, 6.45) is 1.54. The molecular formula is C28H28N2O3. The van der Waals surface area contributed by atoms with Gasteiger partial charge in [-0.1, -0.05) is 41.5 Å².